The summed E-state index contributed by atoms with van der Waals surface area (Å²) < 4.78 is 27.4. The highest BCUT2D eigenvalue weighted by Crippen LogP contribution is 2.36. The van der Waals surface area contributed by atoms with Crippen LogP contribution in [0.2, 0.25) is 0 Å². The molecule has 2 unspecified atom stereocenters. The first-order chi connectivity index (χ1) is 16.4. The molecule has 3 atom stereocenters. The van der Waals surface area contributed by atoms with Crippen LogP contribution in [0.4, 0.5) is 0 Å². The van der Waals surface area contributed by atoms with Gasteiger partial charge in [-0.15, -0.1) is 0 Å². The molecule has 11 nitrogen and oxygen atoms in total. The van der Waals surface area contributed by atoms with E-state index in [1.807, 2.05) is 13.8 Å². The fourth-order valence-corrected chi connectivity index (χ4v) is 6.00. The van der Waals surface area contributed by atoms with E-state index >= 15 is 0 Å². The van der Waals surface area contributed by atoms with Crippen LogP contribution in [0.1, 0.15) is 55.9 Å². The molecule has 2 aliphatic heterocycles. The molecular weight excluding hydrogens is 474 g/mol. The minimum Gasteiger partial charge on any atom is -0.505 e. The number of fused-ring (bicyclic) bond motifs is 3. The van der Waals surface area contributed by atoms with E-state index in [-0.39, 0.29) is 42.0 Å². The van der Waals surface area contributed by atoms with Crippen molar-refractivity contribution in [1.82, 2.24) is 23.7 Å². The topological polar surface area (TPSA) is 137 Å². The normalized spacial score (nSPS) is 23.9. The first-order valence-electron chi connectivity index (χ1n) is 12.0. The molecule has 3 N–H and O–H groups in total. The van der Waals surface area contributed by atoms with Crippen LogP contribution in [0.5, 0.6) is 5.75 Å². The summed E-state index contributed by atoms with van der Waals surface area (Å²) in [5.41, 5.74) is -0.400. The maximum Gasteiger partial charge on any atom is 0.282 e. The highest BCUT2D eigenvalue weighted by atomic mass is 32.2. The molecule has 0 spiro atoms. The van der Waals surface area contributed by atoms with Gasteiger partial charge in [0.2, 0.25) is 10.0 Å². The lowest BCUT2D eigenvalue weighted by Crippen LogP contribution is -2.53. The number of aliphatic hydroxyl groups excluding tert-OH is 1. The van der Waals surface area contributed by atoms with Crippen molar-refractivity contribution in [3.8, 4) is 5.75 Å². The first kappa shape index (κ1) is 25.7. The second-order valence-electron chi connectivity index (χ2n) is 10.1. The summed E-state index contributed by atoms with van der Waals surface area (Å²) in [4.78, 5) is 28.5. The maximum absolute atomic E-state index is 13.2. The Bertz CT molecular complexity index is 1260. The van der Waals surface area contributed by atoms with Crippen LogP contribution in [0.25, 0.3) is 5.52 Å². The molecule has 35 heavy (non-hydrogen) atoms. The number of piperidine rings is 1. The number of hydrogen-bond donors (Lipinski definition) is 3. The minimum absolute atomic E-state index is 0.0263. The number of carbonyl (C=O) groups is 1. The zero-order valence-corrected chi connectivity index (χ0v) is 21.4. The van der Waals surface area contributed by atoms with E-state index in [1.165, 1.54) is 11.7 Å². The molecule has 194 valence electrons. The zero-order valence-electron chi connectivity index (χ0n) is 20.6. The van der Waals surface area contributed by atoms with Crippen molar-refractivity contribution in [3.05, 3.63) is 34.2 Å². The number of aromatic hydroxyl groups is 1. The van der Waals surface area contributed by atoms with E-state index < -0.39 is 27.6 Å². The maximum atomic E-state index is 13.2. The van der Waals surface area contributed by atoms with Crippen molar-refractivity contribution in [1.29, 1.82) is 0 Å². The van der Waals surface area contributed by atoms with Gasteiger partial charge in [0, 0.05) is 50.5 Å². The first-order valence-corrected chi connectivity index (χ1v) is 13.8. The summed E-state index contributed by atoms with van der Waals surface area (Å²) in [6.45, 7) is 4.07. The quantitative estimate of drug-likeness (QED) is 0.468. The fraction of sp³-hybridized carbons (Fsp3) is 0.652. The lowest BCUT2D eigenvalue weighted by atomic mass is 9.96. The van der Waals surface area contributed by atoms with Gasteiger partial charge in [0.25, 0.3) is 11.5 Å². The largest absolute Gasteiger partial charge is 0.505 e. The number of aromatic nitrogens is 2. The molecule has 2 aromatic rings. The monoisotopic (exact) mass is 509 g/mol. The summed E-state index contributed by atoms with van der Waals surface area (Å²) in [6.07, 6.45) is 5.13. The third-order valence-corrected chi connectivity index (χ3v) is 8.53. The average Bonchev–Trinajstić information content (AvgIpc) is 3.29. The molecule has 12 heteroatoms. The summed E-state index contributed by atoms with van der Waals surface area (Å²) in [6, 6.07) is 3.29. The molecule has 0 aliphatic carbocycles. The number of likely N-dealkylation sites (N-methyl/N-ethyl adjacent to an activating group) is 1. The van der Waals surface area contributed by atoms with Gasteiger partial charge in [-0.05, 0) is 51.7 Å². The zero-order chi connectivity index (χ0) is 25.7. The summed E-state index contributed by atoms with van der Waals surface area (Å²) in [5.74, 6) is -0.911. The van der Waals surface area contributed by atoms with Gasteiger partial charge in [-0.3, -0.25) is 19.0 Å². The molecule has 2 saturated heterocycles. The van der Waals surface area contributed by atoms with E-state index in [0.717, 1.165) is 23.4 Å². The summed E-state index contributed by atoms with van der Waals surface area (Å²) in [5, 5.41) is 24.2. The molecule has 0 aromatic carbocycles. The molecule has 2 aliphatic rings. The van der Waals surface area contributed by atoms with Crippen LogP contribution in [0.3, 0.4) is 0 Å². The Morgan fingerprint density at radius 2 is 1.89 bits per heavy atom. The van der Waals surface area contributed by atoms with Crippen LogP contribution in [-0.2, 0) is 10.0 Å². The number of hydrogen-bond acceptors (Lipinski definition) is 7. The van der Waals surface area contributed by atoms with E-state index in [0.29, 0.717) is 24.9 Å². The Kier molecular flexibility index (Phi) is 7.02. The Balaban J connectivity index is 1.46. The number of amides is 1. The second-order valence-corrected chi connectivity index (χ2v) is 12.2. The number of nitrogens with zero attached hydrogens (tertiary/aromatic N) is 4. The average molecular weight is 510 g/mol. The van der Waals surface area contributed by atoms with Crippen LogP contribution in [0.15, 0.2) is 23.1 Å². The molecule has 2 bridgehead atoms. The van der Waals surface area contributed by atoms with Crippen molar-refractivity contribution in [2.45, 2.75) is 69.8 Å². The van der Waals surface area contributed by atoms with Crippen molar-refractivity contribution in [2.75, 3.05) is 26.4 Å². The van der Waals surface area contributed by atoms with Crippen LogP contribution >= 0.6 is 0 Å². The number of nitrogens with one attached hydrogen (secondary N) is 1. The second kappa shape index (κ2) is 9.57. The predicted molar refractivity (Wildman–Crippen MR) is 131 cm³/mol. The van der Waals surface area contributed by atoms with Crippen LogP contribution in [-0.4, -0.2) is 93.6 Å². The Hall–Kier alpha value is -2.41. The third-order valence-electron chi connectivity index (χ3n) is 7.25. The van der Waals surface area contributed by atoms with E-state index in [1.54, 1.807) is 22.8 Å². The Morgan fingerprint density at radius 3 is 2.46 bits per heavy atom. The fourth-order valence-electron chi connectivity index (χ4n) is 5.56. The van der Waals surface area contributed by atoms with Crippen molar-refractivity contribution in [3.63, 3.8) is 0 Å². The van der Waals surface area contributed by atoms with Gasteiger partial charge >= 0.3 is 0 Å². The van der Waals surface area contributed by atoms with E-state index in [9.17, 15) is 28.2 Å². The van der Waals surface area contributed by atoms with Crippen LogP contribution in [0, 0.1) is 0 Å². The van der Waals surface area contributed by atoms with Gasteiger partial charge in [0.1, 0.15) is 11.1 Å². The smallest absolute Gasteiger partial charge is 0.282 e. The predicted octanol–water partition coefficient (Wildman–Crippen LogP) is 0.365. The molecule has 4 rings (SSSR count). The molecule has 1 amide bonds. The van der Waals surface area contributed by atoms with Crippen molar-refractivity contribution < 1.29 is 23.4 Å². The number of carbonyl (C=O) groups excluding carboxylic acids is 1. The SMILES string of the molecule is CC(C)n1c(=O)c(C(=O)NC2CC3CCC(C2)N3C[C@@H](O)CN(C)S(C)(=O)=O)c(O)c2cccn21. The minimum atomic E-state index is -3.37. The molecule has 4 heterocycles. The van der Waals surface area contributed by atoms with Gasteiger partial charge in [-0.2, -0.15) is 0 Å². The third kappa shape index (κ3) is 4.97. The summed E-state index contributed by atoms with van der Waals surface area (Å²) in [7, 11) is -1.92. The lowest BCUT2D eigenvalue weighted by Gasteiger charge is -2.40. The van der Waals surface area contributed by atoms with E-state index in [4.69, 9.17) is 0 Å². The highest BCUT2D eigenvalue weighted by Gasteiger charge is 2.42. The Morgan fingerprint density at radius 1 is 1.26 bits per heavy atom. The molecule has 0 radical (unpaired) electrons. The number of sulfonamides is 1. The van der Waals surface area contributed by atoms with Gasteiger partial charge < -0.3 is 15.5 Å². The van der Waals surface area contributed by atoms with Crippen LogP contribution < -0.4 is 10.9 Å². The van der Waals surface area contributed by atoms with Gasteiger partial charge in [-0.1, -0.05) is 0 Å². The standard InChI is InChI=1S/C23H35N5O6S/c1-14(2)28-23(32)20(21(30)19-6-5-9-27(19)28)22(31)24-15-10-16-7-8-17(11-15)26(16)13-18(29)12-25(3)35(4,33)34/h5-6,9,14-18,29-30H,7-8,10-13H2,1-4H3,(H,24,31)/t15?,16?,17?,18-/m0/s1. The van der Waals surface area contributed by atoms with Crippen molar-refractivity contribution >= 4 is 21.4 Å². The van der Waals surface area contributed by atoms with Gasteiger partial charge in [-0.25, -0.2) is 17.4 Å². The molecule has 2 aromatic heterocycles. The van der Waals surface area contributed by atoms with Gasteiger partial charge in [0.05, 0.1) is 12.4 Å². The number of aliphatic hydroxyl groups is 1. The van der Waals surface area contributed by atoms with Crippen molar-refractivity contribution in [2.24, 2.45) is 0 Å². The Labute approximate surface area is 205 Å². The van der Waals surface area contributed by atoms with E-state index in [2.05, 4.69) is 10.2 Å². The van der Waals surface area contributed by atoms with Gasteiger partial charge in [0.15, 0.2) is 5.75 Å². The molecular formula is C23H35N5O6S. The number of rotatable bonds is 8. The molecule has 0 saturated carbocycles. The summed E-state index contributed by atoms with van der Waals surface area (Å²) >= 11 is 0. The molecule has 2 fully saturated rings. The lowest BCUT2D eigenvalue weighted by molar-refractivity contribution is 0.0448. The highest BCUT2D eigenvalue weighted by molar-refractivity contribution is 7.88.